The Morgan fingerprint density at radius 3 is 2.94 bits per heavy atom. The molecular formula is C15H20BrN. The lowest BCUT2D eigenvalue weighted by atomic mass is 9.94. The highest BCUT2D eigenvalue weighted by Crippen LogP contribution is 2.18. The minimum atomic E-state index is 0.830. The topological polar surface area (TPSA) is 12.0 Å². The normalized spacial score (nSPS) is 19.5. The molecule has 0 aromatic heterocycles. The first-order chi connectivity index (χ1) is 8.25. The van der Waals surface area contributed by atoms with Crippen LogP contribution in [-0.2, 0) is 6.54 Å². The quantitative estimate of drug-likeness (QED) is 0.821. The molecule has 1 unspecified atom stereocenters. The maximum absolute atomic E-state index is 3.57. The Morgan fingerprint density at radius 2 is 2.24 bits per heavy atom. The second-order valence-electron chi connectivity index (χ2n) is 4.86. The van der Waals surface area contributed by atoms with Gasteiger partial charge in [-0.05, 0) is 55.8 Å². The minimum Gasteiger partial charge on any atom is -0.312 e. The summed E-state index contributed by atoms with van der Waals surface area (Å²) >= 11 is 3.53. The van der Waals surface area contributed by atoms with Crippen molar-refractivity contribution >= 4 is 15.9 Å². The van der Waals surface area contributed by atoms with Gasteiger partial charge in [0, 0.05) is 11.0 Å². The summed E-state index contributed by atoms with van der Waals surface area (Å²) in [6, 6.07) is 6.57. The van der Waals surface area contributed by atoms with Gasteiger partial charge in [-0.1, -0.05) is 40.2 Å². The molecule has 0 saturated carbocycles. The third-order valence-electron chi connectivity index (χ3n) is 3.36. The van der Waals surface area contributed by atoms with E-state index in [0.717, 1.165) is 19.0 Å². The molecule has 0 spiro atoms. The van der Waals surface area contributed by atoms with E-state index in [9.17, 15) is 0 Å². The Hall–Kier alpha value is -0.600. The van der Waals surface area contributed by atoms with Crippen molar-refractivity contribution in [1.82, 2.24) is 5.32 Å². The highest BCUT2D eigenvalue weighted by molar-refractivity contribution is 9.10. The highest BCUT2D eigenvalue weighted by Gasteiger charge is 2.08. The van der Waals surface area contributed by atoms with Gasteiger partial charge >= 0.3 is 0 Å². The molecule has 0 bridgehead atoms. The third kappa shape index (κ3) is 3.97. The first-order valence-corrected chi connectivity index (χ1v) is 7.16. The van der Waals surface area contributed by atoms with Crippen molar-refractivity contribution in [2.75, 3.05) is 6.54 Å². The fourth-order valence-electron chi connectivity index (χ4n) is 2.28. The lowest BCUT2D eigenvalue weighted by Gasteiger charge is -2.18. The second-order valence-corrected chi connectivity index (χ2v) is 5.72. The molecule has 0 aliphatic heterocycles. The molecule has 2 heteroatoms. The van der Waals surface area contributed by atoms with Gasteiger partial charge in [0.25, 0.3) is 0 Å². The molecule has 17 heavy (non-hydrogen) atoms. The summed E-state index contributed by atoms with van der Waals surface area (Å²) in [7, 11) is 0. The average Bonchev–Trinajstić information content (AvgIpc) is 2.35. The Labute approximate surface area is 112 Å². The molecule has 0 fully saturated rings. The molecule has 1 nitrogen and oxygen atoms in total. The molecule has 0 saturated heterocycles. The first-order valence-electron chi connectivity index (χ1n) is 6.36. The van der Waals surface area contributed by atoms with Crippen molar-refractivity contribution in [2.45, 2.75) is 32.7 Å². The van der Waals surface area contributed by atoms with Gasteiger partial charge in [-0.15, -0.1) is 0 Å². The number of hydrogen-bond donors (Lipinski definition) is 1. The summed E-state index contributed by atoms with van der Waals surface area (Å²) < 4.78 is 1.19. The zero-order chi connectivity index (χ0) is 12.1. The predicted octanol–water partition coefficient (Wildman–Crippen LogP) is 4.20. The van der Waals surface area contributed by atoms with Gasteiger partial charge in [-0.2, -0.15) is 0 Å². The Kier molecular flexibility index (Phi) is 4.81. The van der Waals surface area contributed by atoms with Crippen LogP contribution in [0.25, 0.3) is 0 Å². The van der Waals surface area contributed by atoms with E-state index in [4.69, 9.17) is 0 Å². The smallest absolute Gasteiger partial charge is 0.0205 e. The molecule has 92 valence electrons. The third-order valence-corrected chi connectivity index (χ3v) is 4.25. The summed E-state index contributed by atoms with van der Waals surface area (Å²) in [5.74, 6) is 0.830. The van der Waals surface area contributed by atoms with Crippen LogP contribution in [0, 0.1) is 12.8 Å². The summed E-state index contributed by atoms with van der Waals surface area (Å²) in [5.41, 5.74) is 2.68. The van der Waals surface area contributed by atoms with Crippen molar-refractivity contribution in [3.8, 4) is 0 Å². The van der Waals surface area contributed by atoms with Gasteiger partial charge in [0.2, 0.25) is 0 Å². The maximum atomic E-state index is 3.57. The predicted molar refractivity (Wildman–Crippen MR) is 77.1 cm³/mol. The van der Waals surface area contributed by atoms with Crippen LogP contribution in [0.5, 0.6) is 0 Å². The molecule has 1 N–H and O–H groups in total. The molecule has 1 atom stereocenters. The van der Waals surface area contributed by atoms with E-state index in [2.05, 4.69) is 58.5 Å². The molecule has 0 radical (unpaired) electrons. The Morgan fingerprint density at radius 1 is 1.35 bits per heavy atom. The standard InChI is InChI=1S/C15H20BrN/c1-12-9-14(7-8-15(12)16)11-17-10-13-5-3-2-4-6-13/h2-3,7-9,13,17H,4-6,10-11H2,1H3. The first kappa shape index (κ1) is 12.8. The van der Waals surface area contributed by atoms with E-state index in [-0.39, 0.29) is 0 Å². The summed E-state index contributed by atoms with van der Waals surface area (Å²) in [6.45, 7) is 4.26. The van der Waals surface area contributed by atoms with E-state index in [1.165, 1.54) is 34.9 Å². The Balaban J connectivity index is 1.77. The van der Waals surface area contributed by atoms with Crippen molar-refractivity contribution in [3.05, 3.63) is 46.0 Å². The molecule has 0 amide bonds. The van der Waals surface area contributed by atoms with Crippen LogP contribution in [0.2, 0.25) is 0 Å². The molecule has 1 aliphatic rings. The molecular weight excluding hydrogens is 274 g/mol. The number of nitrogens with one attached hydrogen (secondary N) is 1. The maximum Gasteiger partial charge on any atom is 0.0205 e. The van der Waals surface area contributed by atoms with Crippen LogP contribution in [0.15, 0.2) is 34.8 Å². The highest BCUT2D eigenvalue weighted by atomic mass is 79.9. The van der Waals surface area contributed by atoms with Gasteiger partial charge < -0.3 is 5.32 Å². The largest absolute Gasteiger partial charge is 0.312 e. The monoisotopic (exact) mass is 293 g/mol. The number of halogens is 1. The van der Waals surface area contributed by atoms with Crippen LogP contribution in [0.3, 0.4) is 0 Å². The van der Waals surface area contributed by atoms with Crippen molar-refractivity contribution < 1.29 is 0 Å². The lowest BCUT2D eigenvalue weighted by Crippen LogP contribution is -2.23. The fraction of sp³-hybridized carbons (Fsp3) is 0.467. The van der Waals surface area contributed by atoms with Crippen molar-refractivity contribution in [3.63, 3.8) is 0 Å². The SMILES string of the molecule is Cc1cc(CNCC2CC=CCC2)ccc1Br. The van der Waals surface area contributed by atoms with Crippen LogP contribution < -0.4 is 5.32 Å². The number of benzene rings is 1. The van der Waals surface area contributed by atoms with Gasteiger partial charge in [0.15, 0.2) is 0 Å². The second kappa shape index (κ2) is 6.36. The van der Waals surface area contributed by atoms with Crippen LogP contribution in [0.1, 0.15) is 30.4 Å². The lowest BCUT2D eigenvalue weighted by molar-refractivity contribution is 0.440. The van der Waals surface area contributed by atoms with E-state index in [1.807, 2.05) is 0 Å². The number of hydrogen-bond acceptors (Lipinski definition) is 1. The van der Waals surface area contributed by atoms with Crippen LogP contribution in [-0.4, -0.2) is 6.54 Å². The average molecular weight is 294 g/mol. The summed E-state index contributed by atoms with van der Waals surface area (Å²) in [6.07, 6.45) is 8.45. The number of allylic oxidation sites excluding steroid dienone is 2. The molecule has 1 aromatic rings. The molecule has 0 heterocycles. The molecule has 1 aliphatic carbocycles. The number of aryl methyl sites for hydroxylation is 1. The van der Waals surface area contributed by atoms with Crippen molar-refractivity contribution in [2.24, 2.45) is 5.92 Å². The minimum absolute atomic E-state index is 0.830. The van der Waals surface area contributed by atoms with Crippen LogP contribution in [0.4, 0.5) is 0 Å². The summed E-state index contributed by atoms with van der Waals surface area (Å²) in [4.78, 5) is 0. The molecule has 2 rings (SSSR count). The van der Waals surface area contributed by atoms with E-state index in [0.29, 0.717) is 0 Å². The van der Waals surface area contributed by atoms with Crippen LogP contribution >= 0.6 is 15.9 Å². The fourth-order valence-corrected chi connectivity index (χ4v) is 2.53. The Bertz CT molecular complexity index is 398. The van der Waals surface area contributed by atoms with Gasteiger partial charge in [0.1, 0.15) is 0 Å². The van der Waals surface area contributed by atoms with Gasteiger partial charge in [0.05, 0.1) is 0 Å². The van der Waals surface area contributed by atoms with E-state index in [1.54, 1.807) is 0 Å². The van der Waals surface area contributed by atoms with Crippen molar-refractivity contribution in [1.29, 1.82) is 0 Å². The van der Waals surface area contributed by atoms with Gasteiger partial charge in [-0.3, -0.25) is 0 Å². The van der Waals surface area contributed by atoms with Gasteiger partial charge in [-0.25, -0.2) is 0 Å². The zero-order valence-electron chi connectivity index (χ0n) is 10.4. The summed E-state index contributed by atoms with van der Waals surface area (Å²) in [5, 5.41) is 3.57. The zero-order valence-corrected chi connectivity index (χ0v) is 12.0. The van der Waals surface area contributed by atoms with E-state index >= 15 is 0 Å². The number of rotatable bonds is 4. The van der Waals surface area contributed by atoms with E-state index < -0.39 is 0 Å². The molecule has 1 aromatic carbocycles.